The normalized spacial score (nSPS) is 15.3. The van der Waals surface area contributed by atoms with Gasteiger partial charge in [-0.3, -0.25) is 4.79 Å². The van der Waals surface area contributed by atoms with Gasteiger partial charge in [0.25, 0.3) is 0 Å². The van der Waals surface area contributed by atoms with E-state index >= 15 is 0 Å². The fraction of sp³-hybridized carbons (Fsp3) is 0.381. The molecule has 6 nitrogen and oxygen atoms in total. The molecule has 3 rings (SSSR count). The Morgan fingerprint density at radius 1 is 1.07 bits per heavy atom. The number of benzene rings is 2. The lowest BCUT2D eigenvalue weighted by molar-refractivity contribution is -0.132. The number of hydrogen-bond acceptors (Lipinski definition) is 4. The number of halogens is 1. The molecule has 1 aliphatic rings. The van der Waals surface area contributed by atoms with Crippen molar-refractivity contribution in [3.8, 4) is 5.75 Å². The summed E-state index contributed by atoms with van der Waals surface area (Å²) in [6.07, 6.45) is 0.996. The SMILES string of the molecule is CCOc1ccc(S(=O)(=O)N2CCN(C(=O)CCc3cccc(Cl)c3)CC2)cc1. The van der Waals surface area contributed by atoms with E-state index in [4.69, 9.17) is 16.3 Å². The largest absolute Gasteiger partial charge is 0.494 e. The number of carbonyl (C=O) groups excluding carboxylic acids is 1. The zero-order valence-corrected chi connectivity index (χ0v) is 18.0. The van der Waals surface area contributed by atoms with Gasteiger partial charge in [-0.1, -0.05) is 23.7 Å². The average Bonchev–Trinajstić information content (AvgIpc) is 2.73. The molecule has 0 radical (unpaired) electrons. The number of amides is 1. The van der Waals surface area contributed by atoms with Crippen molar-refractivity contribution in [3.05, 3.63) is 59.1 Å². The van der Waals surface area contributed by atoms with E-state index in [1.807, 2.05) is 25.1 Å². The van der Waals surface area contributed by atoms with Crippen molar-refractivity contribution in [2.45, 2.75) is 24.7 Å². The van der Waals surface area contributed by atoms with Gasteiger partial charge in [-0.25, -0.2) is 8.42 Å². The van der Waals surface area contributed by atoms with Gasteiger partial charge in [0.05, 0.1) is 11.5 Å². The maximum Gasteiger partial charge on any atom is 0.243 e. The summed E-state index contributed by atoms with van der Waals surface area (Å²) in [5.41, 5.74) is 1.02. The fourth-order valence-electron chi connectivity index (χ4n) is 3.30. The molecule has 1 heterocycles. The Kier molecular flexibility index (Phi) is 7.16. The summed E-state index contributed by atoms with van der Waals surface area (Å²) in [5.74, 6) is 0.671. The highest BCUT2D eigenvalue weighted by atomic mass is 35.5. The Labute approximate surface area is 177 Å². The minimum atomic E-state index is -3.58. The number of ether oxygens (including phenoxy) is 1. The molecule has 0 N–H and O–H groups in total. The monoisotopic (exact) mass is 436 g/mol. The van der Waals surface area contributed by atoms with Crippen LogP contribution in [0, 0.1) is 0 Å². The van der Waals surface area contributed by atoms with Crippen molar-refractivity contribution in [3.63, 3.8) is 0 Å². The standard InChI is InChI=1S/C21H25ClN2O4S/c1-2-28-19-7-9-20(10-8-19)29(26,27)24-14-12-23(13-15-24)21(25)11-6-17-4-3-5-18(22)16-17/h3-5,7-10,16H,2,6,11-15H2,1H3. The van der Waals surface area contributed by atoms with E-state index < -0.39 is 10.0 Å². The highest BCUT2D eigenvalue weighted by molar-refractivity contribution is 7.89. The van der Waals surface area contributed by atoms with Gasteiger partial charge in [-0.05, 0) is 55.3 Å². The molecule has 2 aromatic rings. The van der Waals surface area contributed by atoms with Crippen LogP contribution in [0.2, 0.25) is 5.02 Å². The Balaban J connectivity index is 1.54. The van der Waals surface area contributed by atoms with E-state index in [1.54, 1.807) is 35.2 Å². The summed E-state index contributed by atoms with van der Waals surface area (Å²) < 4.78 is 32.5. The number of rotatable bonds is 7. The van der Waals surface area contributed by atoms with E-state index in [1.165, 1.54) is 4.31 Å². The second-order valence-electron chi connectivity index (χ2n) is 6.82. The van der Waals surface area contributed by atoms with Gasteiger partial charge in [0, 0.05) is 37.6 Å². The van der Waals surface area contributed by atoms with Gasteiger partial charge in [0.2, 0.25) is 15.9 Å². The Bertz CT molecular complexity index is 939. The van der Waals surface area contributed by atoms with Gasteiger partial charge in [0.1, 0.15) is 5.75 Å². The summed E-state index contributed by atoms with van der Waals surface area (Å²) in [7, 11) is -3.58. The molecule has 8 heteroatoms. The minimum Gasteiger partial charge on any atom is -0.494 e. The molecule has 0 atom stereocenters. The van der Waals surface area contributed by atoms with Gasteiger partial charge >= 0.3 is 0 Å². The lowest BCUT2D eigenvalue weighted by Gasteiger charge is -2.34. The van der Waals surface area contributed by atoms with Crippen LogP contribution < -0.4 is 4.74 Å². The highest BCUT2D eigenvalue weighted by Crippen LogP contribution is 2.21. The fourth-order valence-corrected chi connectivity index (χ4v) is 4.94. The smallest absolute Gasteiger partial charge is 0.243 e. The number of carbonyl (C=O) groups is 1. The summed E-state index contributed by atoms with van der Waals surface area (Å²) in [6.45, 7) is 3.77. The molecule has 1 aliphatic heterocycles. The first-order chi connectivity index (χ1) is 13.9. The maximum absolute atomic E-state index is 12.8. The molecule has 0 bridgehead atoms. The first kappa shape index (κ1) is 21.6. The molecule has 1 saturated heterocycles. The summed E-state index contributed by atoms with van der Waals surface area (Å²) in [5, 5.41) is 0.656. The topological polar surface area (TPSA) is 66.9 Å². The molecule has 0 spiro atoms. The number of piperazine rings is 1. The molecule has 1 fully saturated rings. The van der Waals surface area contributed by atoms with Crippen LogP contribution >= 0.6 is 11.6 Å². The molecule has 0 saturated carbocycles. The van der Waals surface area contributed by atoms with E-state index in [9.17, 15) is 13.2 Å². The van der Waals surface area contributed by atoms with E-state index in [-0.39, 0.29) is 10.8 Å². The van der Waals surface area contributed by atoms with E-state index in [2.05, 4.69) is 0 Å². The number of nitrogens with zero attached hydrogens (tertiary/aromatic N) is 2. The Hall–Kier alpha value is -2.09. The van der Waals surface area contributed by atoms with Crippen LogP contribution in [0.5, 0.6) is 5.75 Å². The maximum atomic E-state index is 12.8. The van der Waals surface area contributed by atoms with Crippen LogP contribution in [0.1, 0.15) is 18.9 Å². The minimum absolute atomic E-state index is 0.0306. The van der Waals surface area contributed by atoms with Crippen molar-refractivity contribution >= 4 is 27.5 Å². The molecule has 0 aliphatic carbocycles. The van der Waals surface area contributed by atoms with Gasteiger partial charge < -0.3 is 9.64 Å². The quantitative estimate of drug-likeness (QED) is 0.668. The molecule has 1 amide bonds. The first-order valence-electron chi connectivity index (χ1n) is 9.65. The number of hydrogen-bond donors (Lipinski definition) is 0. The van der Waals surface area contributed by atoms with Gasteiger partial charge in [-0.15, -0.1) is 0 Å². The van der Waals surface area contributed by atoms with Crippen LogP contribution in [-0.2, 0) is 21.2 Å². The Morgan fingerprint density at radius 3 is 2.38 bits per heavy atom. The van der Waals surface area contributed by atoms with Crippen molar-refractivity contribution in [1.29, 1.82) is 0 Å². The molecule has 29 heavy (non-hydrogen) atoms. The number of sulfonamides is 1. The van der Waals surface area contributed by atoms with E-state index in [0.717, 1.165) is 5.56 Å². The van der Waals surface area contributed by atoms with Crippen LogP contribution in [0.15, 0.2) is 53.4 Å². The van der Waals surface area contributed by atoms with E-state index in [0.29, 0.717) is 56.4 Å². The first-order valence-corrected chi connectivity index (χ1v) is 11.5. The third kappa shape index (κ3) is 5.50. The summed E-state index contributed by atoms with van der Waals surface area (Å²) >= 11 is 5.98. The van der Waals surface area contributed by atoms with Gasteiger partial charge in [0.15, 0.2) is 0 Å². The molecule has 156 valence electrons. The van der Waals surface area contributed by atoms with Crippen LogP contribution in [-0.4, -0.2) is 56.3 Å². The second-order valence-corrected chi connectivity index (χ2v) is 9.19. The molecule has 0 unspecified atom stereocenters. The third-order valence-electron chi connectivity index (χ3n) is 4.88. The van der Waals surface area contributed by atoms with Crippen LogP contribution in [0.4, 0.5) is 0 Å². The molecular weight excluding hydrogens is 412 g/mol. The van der Waals surface area contributed by atoms with Crippen LogP contribution in [0.3, 0.4) is 0 Å². The predicted octanol–water partition coefficient (Wildman–Crippen LogP) is 3.20. The zero-order valence-electron chi connectivity index (χ0n) is 16.4. The summed E-state index contributed by atoms with van der Waals surface area (Å²) in [4.78, 5) is 14.5. The molecule has 0 aromatic heterocycles. The average molecular weight is 437 g/mol. The predicted molar refractivity (Wildman–Crippen MR) is 113 cm³/mol. The number of aryl methyl sites for hydroxylation is 1. The van der Waals surface area contributed by atoms with Crippen molar-refractivity contribution < 1.29 is 17.9 Å². The zero-order chi connectivity index (χ0) is 20.9. The third-order valence-corrected chi connectivity index (χ3v) is 7.03. The second kappa shape index (κ2) is 9.61. The molecule has 2 aromatic carbocycles. The van der Waals surface area contributed by atoms with Crippen molar-refractivity contribution in [2.75, 3.05) is 32.8 Å². The van der Waals surface area contributed by atoms with Crippen LogP contribution in [0.25, 0.3) is 0 Å². The van der Waals surface area contributed by atoms with Crippen molar-refractivity contribution in [1.82, 2.24) is 9.21 Å². The van der Waals surface area contributed by atoms with Crippen molar-refractivity contribution in [2.24, 2.45) is 0 Å². The highest BCUT2D eigenvalue weighted by Gasteiger charge is 2.30. The summed E-state index contributed by atoms with van der Waals surface area (Å²) in [6, 6.07) is 13.9. The Morgan fingerprint density at radius 2 is 1.76 bits per heavy atom. The van der Waals surface area contributed by atoms with Gasteiger partial charge in [-0.2, -0.15) is 4.31 Å². The molecular formula is C21H25ClN2O4S. The lowest BCUT2D eigenvalue weighted by Crippen LogP contribution is -2.50. The lowest BCUT2D eigenvalue weighted by atomic mass is 10.1.